The number of carbonyl (C=O) groups is 2. The van der Waals surface area contributed by atoms with Crippen LogP contribution in [0.1, 0.15) is 28.9 Å². The summed E-state index contributed by atoms with van der Waals surface area (Å²) in [5, 5.41) is 19.1. The van der Waals surface area contributed by atoms with Gasteiger partial charge in [-0.15, -0.1) is 11.3 Å². The van der Waals surface area contributed by atoms with Gasteiger partial charge < -0.3 is 10.4 Å². The van der Waals surface area contributed by atoms with Crippen LogP contribution in [0.15, 0.2) is 23.6 Å². The minimum atomic E-state index is -0.993. The van der Waals surface area contributed by atoms with Crippen LogP contribution in [0.2, 0.25) is 0 Å². The third-order valence-corrected chi connectivity index (χ3v) is 5.53. The molecule has 1 amide bonds. The largest absolute Gasteiger partial charge is 0.480 e. The second kappa shape index (κ2) is 6.21. The van der Waals surface area contributed by atoms with E-state index in [1.54, 1.807) is 17.8 Å². The first-order valence-electron chi connectivity index (χ1n) is 8.37. The average Bonchev–Trinajstić information content (AvgIpc) is 3.20. The summed E-state index contributed by atoms with van der Waals surface area (Å²) < 4.78 is 1.65. The number of pyridine rings is 1. The maximum atomic E-state index is 13.0. The summed E-state index contributed by atoms with van der Waals surface area (Å²) in [6.07, 6.45) is 1.66. The predicted molar refractivity (Wildman–Crippen MR) is 98.2 cm³/mol. The van der Waals surface area contributed by atoms with Gasteiger partial charge in [0, 0.05) is 7.05 Å². The number of thiophene rings is 1. The van der Waals surface area contributed by atoms with E-state index in [1.165, 1.54) is 11.3 Å². The molecule has 1 aliphatic carbocycles. The molecule has 8 heteroatoms. The van der Waals surface area contributed by atoms with Crippen molar-refractivity contribution in [3.63, 3.8) is 0 Å². The Labute approximate surface area is 153 Å². The monoisotopic (exact) mass is 370 g/mol. The van der Waals surface area contributed by atoms with Crippen molar-refractivity contribution in [1.82, 2.24) is 20.1 Å². The van der Waals surface area contributed by atoms with Crippen molar-refractivity contribution in [2.24, 2.45) is 13.0 Å². The maximum absolute atomic E-state index is 13.0. The minimum absolute atomic E-state index is 0.0144. The molecule has 0 radical (unpaired) electrons. The van der Waals surface area contributed by atoms with E-state index in [9.17, 15) is 14.7 Å². The van der Waals surface area contributed by atoms with E-state index < -0.39 is 17.9 Å². The van der Waals surface area contributed by atoms with Crippen molar-refractivity contribution >= 4 is 34.2 Å². The molecular weight excluding hydrogens is 352 g/mol. The van der Waals surface area contributed by atoms with Crippen LogP contribution in [-0.2, 0) is 11.8 Å². The Bertz CT molecular complexity index is 1010. The third kappa shape index (κ3) is 2.86. The molecule has 3 heterocycles. The first-order valence-corrected chi connectivity index (χ1v) is 9.25. The molecule has 1 saturated carbocycles. The highest BCUT2D eigenvalue weighted by Gasteiger charge is 2.37. The molecule has 3 aromatic rings. The molecule has 134 valence electrons. The van der Waals surface area contributed by atoms with Crippen LogP contribution in [0.4, 0.5) is 0 Å². The van der Waals surface area contributed by atoms with Gasteiger partial charge >= 0.3 is 5.97 Å². The van der Waals surface area contributed by atoms with Gasteiger partial charge in [-0.1, -0.05) is 6.07 Å². The molecule has 0 aromatic carbocycles. The Morgan fingerprint density at radius 3 is 2.81 bits per heavy atom. The maximum Gasteiger partial charge on any atom is 0.326 e. The summed E-state index contributed by atoms with van der Waals surface area (Å²) >= 11 is 1.53. The lowest BCUT2D eigenvalue weighted by Crippen LogP contribution is -2.42. The van der Waals surface area contributed by atoms with Crippen LogP contribution in [-0.4, -0.2) is 37.8 Å². The predicted octanol–water partition coefficient (Wildman–Crippen LogP) is 2.60. The number of amides is 1. The Morgan fingerprint density at radius 1 is 1.42 bits per heavy atom. The van der Waals surface area contributed by atoms with Gasteiger partial charge in [0.25, 0.3) is 5.91 Å². The molecule has 3 aromatic heterocycles. The van der Waals surface area contributed by atoms with Crippen LogP contribution in [0, 0.1) is 12.8 Å². The fourth-order valence-corrected chi connectivity index (χ4v) is 3.89. The summed E-state index contributed by atoms with van der Waals surface area (Å²) in [4.78, 5) is 30.0. The molecule has 0 aliphatic heterocycles. The molecule has 0 saturated heterocycles. The van der Waals surface area contributed by atoms with Crippen LogP contribution in [0.5, 0.6) is 0 Å². The zero-order valence-electron chi connectivity index (χ0n) is 14.4. The molecule has 4 rings (SSSR count). The van der Waals surface area contributed by atoms with Gasteiger partial charge in [-0.25, -0.2) is 9.78 Å². The molecule has 1 atom stereocenters. The van der Waals surface area contributed by atoms with E-state index in [2.05, 4.69) is 15.4 Å². The molecule has 0 spiro atoms. The second-order valence-electron chi connectivity index (χ2n) is 6.57. The lowest BCUT2D eigenvalue weighted by molar-refractivity contribution is -0.139. The first kappa shape index (κ1) is 16.7. The second-order valence-corrected chi connectivity index (χ2v) is 7.51. The Balaban J connectivity index is 1.82. The van der Waals surface area contributed by atoms with Crippen molar-refractivity contribution in [3.8, 4) is 10.6 Å². The molecular formula is C18H18N4O3S. The van der Waals surface area contributed by atoms with Gasteiger partial charge in [-0.05, 0) is 43.2 Å². The molecule has 1 aliphatic rings. The number of hydrogen-bond acceptors (Lipinski definition) is 5. The number of aryl methyl sites for hydroxylation is 2. The fourth-order valence-electron chi connectivity index (χ4n) is 3.20. The van der Waals surface area contributed by atoms with Crippen LogP contribution >= 0.6 is 11.3 Å². The number of carboxylic acid groups (broad SMARTS) is 1. The lowest BCUT2D eigenvalue weighted by Gasteiger charge is -2.14. The number of aromatic nitrogens is 3. The number of aliphatic carboxylic acids is 1. The smallest absolute Gasteiger partial charge is 0.326 e. The summed E-state index contributed by atoms with van der Waals surface area (Å²) in [5.41, 5.74) is 2.39. The van der Waals surface area contributed by atoms with Crippen LogP contribution < -0.4 is 5.32 Å². The number of nitrogens with one attached hydrogen (secondary N) is 1. The number of hydrogen-bond donors (Lipinski definition) is 2. The van der Waals surface area contributed by atoms with Gasteiger partial charge in [-0.2, -0.15) is 5.10 Å². The third-order valence-electron chi connectivity index (χ3n) is 4.63. The highest BCUT2D eigenvalue weighted by atomic mass is 32.1. The quantitative estimate of drug-likeness (QED) is 0.719. The topological polar surface area (TPSA) is 97.1 Å². The van der Waals surface area contributed by atoms with Gasteiger partial charge in [0.05, 0.1) is 27.2 Å². The van der Waals surface area contributed by atoms with E-state index in [1.807, 2.05) is 24.4 Å². The molecule has 1 fully saturated rings. The van der Waals surface area contributed by atoms with Gasteiger partial charge in [-0.3, -0.25) is 9.48 Å². The number of rotatable bonds is 5. The van der Waals surface area contributed by atoms with E-state index in [-0.39, 0.29) is 5.92 Å². The summed E-state index contributed by atoms with van der Waals surface area (Å²) in [6.45, 7) is 1.82. The van der Waals surface area contributed by atoms with Crippen LogP contribution in [0.25, 0.3) is 21.6 Å². The zero-order chi connectivity index (χ0) is 18.4. The van der Waals surface area contributed by atoms with Crippen molar-refractivity contribution in [3.05, 3.63) is 34.8 Å². The molecule has 26 heavy (non-hydrogen) atoms. The van der Waals surface area contributed by atoms with Crippen molar-refractivity contribution < 1.29 is 14.7 Å². The van der Waals surface area contributed by atoms with Gasteiger partial charge in [0.15, 0.2) is 5.65 Å². The van der Waals surface area contributed by atoms with Crippen LogP contribution in [0.3, 0.4) is 0 Å². The number of nitrogens with zero attached hydrogens (tertiary/aromatic N) is 3. The van der Waals surface area contributed by atoms with Crippen molar-refractivity contribution in [2.45, 2.75) is 25.8 Å². The van der Waals surface area contributed by atoms with Gasteiger partial charge in [0.1, 0.15) is 6.04 Å². The first-order chi connectivity index (χ1) is 12.5. The van der Waals surface area contributed by atoms with Gasteiger partial charge in [0.2, 0.25) is 0 Å². The Hall–Kier alpha value is -2.74. The number of carboxylic acids is 1. The number of fused-ring (bicyclic) bond motifs is 1. The van der Waals surface area contributed by atoms with E-state index >= 15 is 0 Å². The zero-order valence-corrected chi connectivity index (χ0v) is 15.2. The average molecular weight is 370 g/mol. The van der Waals surface area contributed by atoms with E-state index in [0.717, 1.165) is 17.7 Å². The fraction of sp³-hybridized carbons (Fsp3) is 0.333. The molecule has 7 nitrogen and oxygen atoms in total. The van der Waals surface area contributed by atoms with E-state index in [4.69, 9.17) is 0 Å². The SMILES string of the molecule is Cc1nn(C)c2nc(-c3cccs3)cc(C(=O)NC(C(=O)O)C3CC3)c12. The van der Waals surface area contributed by atoms with Crippen molar-refractivity contribution in [2.75, 3.05) is 0 Å². The number of carbonyl (C=O) groups excluding carboxylic acids is 1. The Morgan fingerprint density at radius 2 is 2.19 bits per heavy atom. The highest BCUT2D eigenvalue weighted by molar-refractivity contribution is 7.13. The highest BCUT2D eigenvalue weighted by Crippen LogP contribution is 2.34. The van der Waals surface area contributed by atoms with E-state index in [0.29, 0.717) is 28.0 Å². The lowest BCUT2D eigenvalue weighted by atomic mass is 10.1. The summed E-state index contributed by atoms with van der Waals surface area (Å²) in [6, 6.07) is 4.74. The molecule has 2 N–H and O–H groups in total. The minimum Gasteiger partial charge on any atom is -0.480 e. The molecule has 0 bridgehead atoms. The summed E-state index contributed by atoms with van der Waals surface area (Å²) in [5.74, 6) is -1.38. The normalized spacial score (nSPS) is 15.2. The Kier molecular flexibility index (Phi) is 3.99. The summed E-state index contributed by atoms with van der Waals surface area (Å²) in [7, 11) is 1.78. The van der Waals surface area contributed by atoms with Crippen molar-refractivity contribution in [1.29, 1.82) is 0 Å². The molecule has 1 unspecified atom stereocenters. The standard InChI is InChI=1S/C18H18N4O3S/c1-9-14-11(17(23)20-15(18(24)25)10-5-6-10)8-12(13-4-3-7-26-13)19-16(14)22(2)21-9/h3-4,7-8,10,15H,5-6H2,1-2H3,(H,20,23)(H,24,25).